The van der Waals surface area contributed by atoms with Gasteiger partial charge in [0, 0.05) is 19.2 Å². The molecule has 1 atom stereocenters. The highest BCUT2D eigenvalue weighted by Crippen LogP contribution is 2.22. The molecule has 1 saturated heterocycles. The van der Waals surface area contributed by atoms with Gasteiger partial charge in [0.25, 0.3) is 0 Å². The molecule has 4 nitrogen and oxygen atoms in total. The number of hydrogen-bond donors (Lipinski definition) is 1. The van der Waals surface area contributed by atoms with Gasteiger partial charge in [-0.15, -0.1) is 11.6 Å². The molecule has 2 rings (SSSR count). The third-order valence-corrected chi connectivity index (χ3v) is 2.64. The number of nitrogens with zero attached hydrogens (tertiary/aromatic N) is 2. The van der Waals surface area contributed by atoms with E-state index in [0.29, 0.717) is 18.8 Å². The summed E-state index contributed by atoms with van der Waals surface area (Å²) in [6, 6.07) is 3.47. The zero-order valence-corrected chi connectivity index (χ0v) is 8.81. The first kappa shape index (κ1) is 10.4. The third-order valence-electron chi connectivity index (χ3n) is 2.35. The highest BCUT2D eigenvalue weighted by molar-refractivity contribution is 6.24. The Morgan fingerprint density at radius 3 is 2.87 bits per heavy atom. The van der Waals surface area contributed by atoms with E-state index < -0.39 is 0 Å². The van der Waals surface area contributed by atoms with E-state index in [1.54, 1.807) is 23.2 Å². The van der Waals surface area contributed by atoms with Gasteiger partial charge in [0.2, 0.25) is 5.91 Å². The highest BCUT2D eigenvalue weighted by Gasteiger charge is 2.29. The van der Waals surface area contributed by atoms with E-state index >= 15 is 0 Å². The second-order valence-electron chi connectivity index (χ2n) is 3.49. The van der Waals surface area contributed by atoms with Crippen molar-refractivity contribution < 1.29 is 9.90 Å². The number of aliphatic hydroxyl groups excluding tert-OH is 1. The summed E-state index contributed by atoms with van der Waals surface area (Å²) >= 11 is 5.88. The number of halogens is 1. The Morgan fingerprint density at radius 1 is 1.60 bits per heavy atom. The lowest BCUT2D eigenvalue weighted by Gasteiger charge is -2.14. The lowest BCUT2D eigenvalue weighted by Crippen LogP contribution is -2.25. The molecule has 0 bridgehead atoms. The number of rotatable bonds is 2. The van der Waals surface area contributed by atoms with Gasteiger partial charge >= 0.3 is 0 Å². The summed E-state index contributed by atoms with van der Waals surface area (Å²) in [6.45, 7) is 0.464. The summed E-state index contributed by atoms with van der Waals surface area (Å²) in [5, 5.41) is 8.72. The molecular weight excluding hydrogens is 216 g/mol. The van der Waals surface area contributed by atoms with Crippen molar-refractivity contribution in [2.24, 2.45) is 0 Å². The van der Waals surface area contributed by atoms with E-state index in [9.17, 15) is 4.79 Å². The first-order chi connectivity index (χ1) is 7.20. The molecule has 1 N–H and O–H groups in total. The molecule has 15 heavy (non-hydrogen) atoms. The van der Waals surface area contributed by atoms with E-state index in [4.69, 9.17) is 16.7 Å². The van der Waals surface area contributed by atoms with E-state index in [-0.39, 0.29) is 17.9 Å². The molecule has 80 valence electrons. The first-order valence-corrected chi connectivity index (χ1v) is 5.14. The second-order valence-corrected chi connectivity index (χ2v) is 4.11. The van der Waals surface area contributed by atoms with E-state index in [0.717, 1.165) is 5.56 Å². The van der Waals surface area contributed by atoms with E-state index in [2.05, 4.69) is 4.98 Å². The molecule has 0 aromatic carbocycles. The Hall–Kier alpha value is -1.13. The third kappa shape index (κ3) is 2.11. The van der Waals surface area contributed by atoms with Crippen molar-refractivity contribution in [2.45, 2.75) is 18.4 Å². The molecule has 5 heteroatoms. The minimum atomic E-state index is -0.128. The van der Waals surface area contributed by atoms with E-state index in [1.807, 2.05) is 0 Å². The molecule has 1 aliphatic heterocycles. The minimum Gasteiger partial charge on any atom is -0.392 e. The predicted molar refractivity (Wildman–Crippen MR) is 56.8 cm³/mol. The largest absolute Gasteiger partial charge is 0.392 e. The average Bonchev–Trinajstić information content (AvgIpc) is 2.58. The number of carbonyl (C=O) groups excluding carboxylic acids is 1. The van der Waals surface area contributed by atoms with Crippen LogP contribution in [0, 0.1) is 0 Å². The summed E-state index contributed by atoms with van der Waals surface area (Å²) < 4.78 is 0. The summed E-state index contributed by atoms with van der Waals surface area (Å²) in [7, 11) is 0. The summed E-state index contributed by atoms with van der Waals surface area (Å²) in [6.07, 6.45) is 1.93. The van der Waals surface area contributed by atoms with Crippen molar-refractivity contribution >= 4 is 23.3 Å². The van der Waals surface area contributed by atoms with Gasteiger partial charge in [-0.2, -0.15) is 0 Å². The smallest absolute Gasteiger partial charge is 0.229 e. The van der Waals surface area contributed by atoms with Crippen molar-refractivity contribution in [3.05, 3.63) is 23.9 Å². The van der Waals surface area contributed by atoms with Crippen LogP contribution in [0.4, 0.5) is 5.82 Å². The Morgan fingerprint density at radius 2 is 2.40 bits per heavy atom. The Bertz CT molecular complexity index is 366. The van der Waals surface area contributed by atoms with Gasteiger partial charge in [0.05, 0.1) is 12.0 Å². The van der Waals surface area contributed by atoms with Crippen LogP contribution in [-0.2, 0) is 11.4 Å². The van der Waals surface area contributed by atoms with Gasteiger partial charge in [0.1, 0.15) is 5.82 Å². The fraction of sp³-hybridized carbons (Fsp3) is 0.400. The standard InChI is InChI=1S/C10H11ClN2O2/c11-8-3-10(15)13(5-8)9-2-1-7(6-14)4-12-9/h1-2,4,8,14H,3,5-6H2. The molecule has 1 aromatic heterocycles. The van der Waals surface area contributed by atoms with Gasteiger partial charge in [-0.3, -0.25) is 9.69 Å². The molecule has 0 saturated carbocycles. The second kappa shape index (κ2) is 4.16. The molecule has 1 aromatic rings. The maximum absolute atomic E-state index is 11.5. The van der Waals surface area contributed by atoms with E-state index in [1.165, 1.54) is 0 Å². The monoisotopic (exact) mass is 226 g/mol. The van der Waals surface area contributed by atoms with Crippen LogP contribution < -0.4 is 4.90 Å². The van der Waals surface area contributed by atoms with Crippen LogP contribution in [0.5, 0.6) is 0 Å². The SMILES string of the molecule is O=C1CC(Cl)CN1c1ccc(CO)cn1. The van der Waals surface area contributed by atoms with Crippen LogP contribution in [0.15, 0.2) is 18.3 Å². The molecule has 0 spiro atoms. The molecule has 1 unspecified atom stereocenters. The lowest BCUT2D eigenvalue weighted by molar-refractivity contribution is -0.117. The van der Waals surface area contributed by atoms with Crippen molar-refractivity contribution in [3.8, 4) is 0 Å². The molecule has 1 amide bonds. The maximum atomic E-state index is 11.5. The quantitative estimate of drug-likeness (QED) is 0.763. The topological polar surface area (TPSA) is 53.4 Å². The molecule has 0 radical (unpaired) electrons. The number of aromatic nitrogens is 1. The fourth-order valence-corrected chi connectivity index (χ4v) is 1.83. The summed E-state index contributed by atoms with van der Waals surface area (Å²) in [4.78, 5) is 17.2. The van der Waals surface area contributed by atoms with Crippen molar-refractivity contribution in [2.75, 3.05) is 11.4 Å². The minimum absolute atomic E-state index is 0.000696. The van der Waals surface area contributed by atoms with Crippen LogP contribution in [-0.4, -0.2) is 27.9 Å². The number of anilines is 1. The van der Waals surface area contributed by atoms with Gasteiger partial charge in [0.15, 0.2) is 0 Å². The van der Waals surface area contributed by atoms with Gasteiger partial charge < -0.3 is 5.11 Å². The number of carbonyl (C=O) groups is 1. The van der Waals surface area contributed by atoms with Gasteiger partial charge in [-0.1, -0.05) is 6.07 Å². The molecule has 1 fully saturated rings. The van der Waals surface area contributed by atoms with Crippen molar-refractivity contribution in [3.63, 3.8) is 0 Å². The number of alkyl halides is 1. The van der Waals surface area contributed by atoms with Crippen LogP contribution in [0.2, 0.25) is 0 Å². The lowest BCUT2D eigenvalue weighted by atomic mass is 10.3. The first-order valence-electron chi connectivity index (χ1n) is 4.71. The zero-order chi connectivity index (χ0) is 10.8. The summed E-state index contributed by atoms with van der Waals surface area (Å²) in [5.41, 5.74) is 0.729. The van der Waals surface area contributed by atoms with Crippen LogP contribution >= 0.6 is 11.6 Å². The molecule has 1 aliphatic rings. The zero-order valence-electron chi connectivity index (χ0n) is 8.06. The van der Waals surface area contributed by atoms with Crippen molar-refractivity contribution in [1.29, 1.82) is 0 Å². The number of pyridine rings is 1. The normalized spacial score (nSPS) is 21.1. The Labute approximate surface area is 92.5 Å². The van der Waals surface area contributed by atoms with Gasteiger partial charge in [-0.25, -0.2) is 4.98 Å². The Kier molecular flexibility index (Phi) is 2.88. The van der Waals surface area contributed by atoms with Crippen molar-refractivity contribution in [1.82, 2.24) is 4.98 Å². The number of aliphatic hydroxyl groups is 1. The van der Waals surface area contributed by atoms with Gasteiger partial charge in [-0.05, 0) is 11.6 Å². The Balaban J connectivity index is 2.19. The predicted octanol–water partition coefficient (Wildman–Crippen LogP) is 0.918. The molecule has 0 aliphatic carbocycles. The maximum Gasteiger partial charge on any atom is 0.229 e. The van der Waals surface area contributed by atoms with Crippen LogP contribution in [0.3, 0.4) is 0 Å². The summed E-state index contributed by atoms with van der Waals surface area (Å²) in [5.74, 6) is 0.597. The van der Waals surface area contributed by atoms with Crippen LogP contribution in [0.1, 0.15) is 12.0 Å². The average molecular weight is 227 g/mol. The fourth-order valence-electron chi connectivity index (χ4n) is 1.56. The highest BCUT2D eigenvalue weighted by atomic mass is 35.5. The molecule has 2 heterocycles. The van der Waals surface area contributed by atoms with Crippen LogP contribution in [0.25, 0.3) is 0 Å². The number of hydrogen-bond acceptors (Lipinski definition) is 3. The number of amides is 1. The molecular formula is C10H11ClN2O2.